The fourth-order valence-corrected chi connectivity index (χ4v) is 2.58. The first-order valence-corrected chi connectivity index (χ1v) is 8.31. The van der Waals surface area contributed by atoms with Crippen molar-refractivity contribution in [3.8, 4) is 11.5 Å². The van der Waals surface area contributed by atoms with Crippen LogP contribution in [0.25, 0.3) is 0 Å². The zero-order chi connectivity index (χ0) is 17.4. The number of piperidine rings is 1. The SMILES string of the molecule is CCCOc1ccc(CNC(=O)C2CCCCN2)c(OC(F)F)c1. The van der Waals surface area contributed by atoms with Crippen LogP contribution < -0.4 is 20.1 Å². The first-order chi connectivity index (χ1) is 11.6. The van der Waals surface area contributed by atoms with Gasteiger partial charge in [-0.1, -0.05) is 13.3 Å². The highest BCUT2D eigenvalue weighted by atomic mass is 19.3. The van der Waals surface area contributed by atoms with Crippen molar-refractivity contribution in [1.82, 2.24) is 10.6 Å². The van der Waals surface area contributed by atoms with Crippen LogP contribution in [0.1, 0.15) is 38.2 Å². The molecule has 0 spiro atoms. The molecular formula is C17H24F2N2O3. The molecule has 1 fully saturated rings. The lowest BCUT2D eigenvalue weighted by atomic mass is 10.0. The average molecular weight is 342 g/mol. The maximum absolute atomic E-state index is 12.6. The van der Waals surface area contributed by atoms with E-state index in [1.54, 1.807) is 12.1 Å². The molecule has 5 nitrogen and oxygen atoms in total. The lowest BCUT2D eigenvalue weighted by Gasteiger charge is -2.22. The number of alkyl halides is 2. The predicted octanol–water partition coefficient (Wildman–Crippen LogP) is 2.84. The lowest BCUT2D eigenvalue weighted by Crippen LogP contribution is -2.46. The largest absolute Gasteiger partial charge is 0.493 e. The summed E-state index contributed by atoms with van der Waals surface area (Å²) in [4.78, 5) is 12.1. The van der Waals surface area contributed by atoms with Gasteiger partial charge in [0.1, 0.15) is 11.5 Å². The Balaban J connectivity index is 2.00. The van der Waals surface area contributed by atoms with E-state index in [4.69, 9.17) is 4.74 Å². The molecule has 7 heteroatoms. The Kier molecular flexibility index (Phi) is 7.24. The van der Waals surface area contributed by atoms with Crippen LogP contribution in [-0.4, -0.2) is 31.7 Å². The van der Waals surface area contributed by atoms with E-state index in [1.807, 2.05) is 6.92 Å². The molecule has 24 heavy (non-hydrogen) atoms. The van der Waals surface area contributed by atoms with Crippen LogP contribution in [0.2, 0.25) is 0 Å². The van der Waals surface area contributed by atoms with Crippen molar-refractivity contribution >= 4 is 5.91 Å². The molecule has 0 aliphatic carbocycles. The lowest BCUT2D eigenvalue weighted by molar-refractivity contribution is -0.123. The molecule has 0 radical (unpaired) electrons. The maximum atomic E-state index is 12.6. The van der Waals surface area contributed by atoms with Crippen LogP contribution in [0.3, 0.4) is 0 Å². The van der Waals surface area contributed by atoms with Crippen molar-refractivity contribution in [2.45, 2.75) is 51.8 Å². The number of ether oxygens (including phenoxy) is 2. The van der Waals surface area contributed by atoms with Gasteiger partial charge < -0.3 is 20.1 Å². The van der Waals surface area contributed by atoms with Crippen molar-refractivity contribution in [3.05, 3.63) is 23.8 Å². The first kappa shape index (κ1) is 18.4. The highest BCUT2D eigenvalue weighted by Crippen LogP contribution is 2.26. The van der Waals surface area contributed by atoms with Crippen LogP contribution >= 0.6 is 0 Å². The molecule has 1 saturated heterocycles. The van der Waals surface area contributed by atoms with Crippen molar-refractivity contribution < 1.29 is 23.0 Å². The summed E-state index contributed by atoms with van der Waals surface area (Å²) in [6, 6.07) is 4.54. The molecule has 1 aliphatic heterocycles. The summed E-state index contributed by atoms with van der Waals surface area (Å²) in [5.41, 5.74) is 0.489. The van der Waals surface area contributed by atoms with E-state index in [1.165, 1.54) is 6.07 Å². The minimum Gasteiger partial charge on any atom is -0.493 e. The van der Waals surface area contributed by atoms with Crippen LogP contribution in [0.4, 0.5) is 8.78 Å². The van der Waals surface area contributed by atoms with E-state index in [2.05, 4.69) is 15.4 Å². The Morgan fingerprint density at radius 1 is 1.42 bits per heavy atom. The summed E-state index contributed by atoms with van der Waals surface area (Å²) in [6.45, 7) is 0.479. The first-order valence-electron chi connectivity index (χ1n) is 8.31. The maximum Gasteiger partial charge on any atom is 0.387 e. The molecule has 0 saturated carbocycles. The zero-order valence-electron chi connectivity index (χ0n) is 13.8. The molecule has 0 bridgehead atoms. The second kappa shape index (κ2) is 9.42. The fourth-order valence-electron chi connectivity index (χ4n) is 2.58. The normalized spacial score (nSPS) is 17.6. The van der Waals surface area contributed by atoms with Gasteiger partial charge >= 0.3 is 6.61 Å². The van der Waals surface area contributed by atoms with Crippen LogP contribution in [-0.2, 0) is 11.3 Å². The Morgan fingerprint density at radius 3 is 2.92 bits per heavy atom. The van der Waals surface area contributed by atoms with Crippen molar-refractivity contribution in [3.63, 3.8) is 0 Å². The number of carbonyl (C=O) groups excluding carboxylic acids is 1. The number of rotatable bonds is 8. The smallest absolute Gasteiger partial charge is 0.387 e. The molecule has 1 aliphatic rings. The standard InChI is InChI=1S/C17H24F2N2O3/c1-2-9-23-13-7-6-12(15(10-13)24-17(18)19)11-21-16(22)14-5-3-4-8-20-14/h6-7,10,14,17,20H,2-5,8-9,11H2,1H3,(H,21,22). The summed E-state index contributed by atoms with van der Waals surface area (Å²) < 4.78 is 35.2. The van der Waals surface area contributed by atoms with E-state index in [9.17, 15) is 13.6 Å². The number of halogens is 2. The zero-order valence-corrected chi connectivity index (χ0v) is 13.8. The second-order valence-corrected chi connectivity index (χ2v) is 5.72. The second-order valence-electron chi connectivity index (χ2n) is 5.72. The Bertz CT molecular complexity index is 535. The molecular weight excluding hydrogens is 318 g/mol. The number of nitrogens with one attached hydrogen (secondary N) is 2. The summed E-state index contributed by atoms with van der Waals surface area (Å²) in [5, 5.41) is 5.93. The minimum atomic E-state index is -2.93. The molecule has 1 aromatic carbocycles. The third-order valence-corrected chi connectivity index (χ3v) is 3.81. The predicted molar refractivity (Wildman–Crippen MR) is 86.3 cm³/mol. The van der Waals surface area contributed by atoms with E-state index in [-0.39, 0.29) is 24.2 Å². The summed E-state index contributed by atoms with van der Waals surface area (Å²) in [6.07, 6.45) is 3.68. The minimum absolute atomic E-state index is 0.0236. The van der Waals surface area contributed by atoms with Crippen molar-refractivity contribution in [1.29, 1.82) is 0 Å². The van der Waals surface area contributed by atoms with Crippen molar-refractivity contribution in [2.75, 3.05) is 13.2 Å². The Labute approximate surface area is 140 Å². The number of carbonyl (C=O) groups is 1. The van der Waals surface area contributed by atoms with Crippen molar-refractivity contribution in [2.24, 2.45) is 0 Å². The molecule has 0 aromatic heterocycles. The number of benzene rings is 1. The number of hydrogen-bond donors (Lipinski definition) is 2. The molecule has 2 N–H and O–H groups in total. The van der Waals surface area contributed by atoms with Gasteiger partial charge in [-0.2, -0.15) is 8.78 Å². The van der Waals surface area contributed by atoms with Crippen LogP contribution in [0.5, 0.6) is 11.5 Å². The molecule has 2 rings (SSSR count). The van der Waals surface area contributed by atoms with Gasteiger partial charge in [0.25, 0.3) is 0 Å². The van der Waals surface area contributed by atoms with E-state index < -0.39 is 6.61 Å². The number of amides is 1. The summed E-state index contributed by atoms with van der Waals surface area (Å²) in [7, 11) is 0. The molecule has 1 atom stereocenters. The van der Waals surface area contributed by atoms with Gasteiger partial charge in [-0.25, -0.2) is 0 Å². The van der Waals surface area contributed by atoms with Gasteiger partial charge in [0.15, 0.2) is 0 Å². The van der Waals surface area contributed by atoms with Crippen LogP contribution in [0.15, 0.2) is 18.2 Å². The van der Waals surface area contributed by atoms with Gasteiger partial charge in [-0.3, -0.25) is 4.79 Å². The summed E-state index contributed by atoms with van der Waals surface area (Å²) in [5.74, 6) is 0.371. The molecule has 134 valence electrons. The van der Waals surface area contributed by atoms with E-state index in [0.717, 1.165) is 32.2 Å². The van der Waals surface area contributed by atoms with Gasteiger partial charge in [0.2, 0.25) is 5.91 Å². The van der Waals surface area contributed by atoms with Gasteiger partial charge in [-0.05, 0) is 37.9 Å². The Hall–Kier alpha value is -1.89. The van der Waals surface area contributed by atoms with Gasteiger partial charge in [0.05, 0.1) is 12.6 Å². The summed E-state index contributed by atoms with van der Waals surface area (Å²) >= 11 is 0. The van der Waals surface area contributed by atoms with Gasteiger partial charge in [-0.15, -0.1) is 0 Å². The third-order valence-electron chi connectivity index (χ3n) is 3.81. The topological polar surface area (TPSA) is 59.6 Å². The fraction of sp³-hybridized carbons (Fsp3) is 0.588. The van der Waals surface area contributed by atoms with Gasteiger partial charge in [0, 0.05) is 18.2 Å². The monoisotopic (exact) mass is 342 g/mol. The van der Waals surface area contributed by atoms with Crippen LogP contribution in [0, 0.1) is 0 Å². The van der Waals surface area contributed by atoms with E-state index in [0.29, 0.717) is 17.9 Å². The quantitative estimate of drug-likeness (QED) is 0.763. The van der Waals surface area contributed by atoms with E-state index >= 15 is 0 Å². The highest BCUT2D eigenvalue weighted by Gasteiger charge is 2.20. The molecule has 1 unspecified atom stereocenters. The highest BCUT2D eigenvalue weighted by molar-refractivity contribution is 5.81. The Morgan fingerprint density at radius 2 is 2.25 bits per heavy atom. The third kappa shape index (κ3) is 5.63. The number of hydrogen-bond acceptors (Lipinski definition) is 4. The molecule has 1 amide bonds. The molecule has 1 aromatic rings. The molecule has 1 heterocycles. The average Bonchev–Trinajstić information content (AvgIpc) is 2.59.